The SMILES string of the molecule is Nc1ccncc1S(=O)(=O)N1CCc2ccc(F)cc21. The molecule has 0 amide bonds. The molecule has 2 heterocycles. The first-order chi connectivity index (χ1) is 9.50. The summed E-state index contributed by atoms with van der Waals surface area (Å²) >= 11 is 0. The number of nitrogens with two attached hydrogens (primary N) is 1. The number of sulfonamides is 1. The maximum absolute atomic E-state index is 13.3. The minimum absolute atomic E-state index is 0.0582. The average molecular weight is 293 g/mol. The predicted molar refractivity (Wildman–Crippen MR) is 73.3 cm³/mol. The number of hydrogen-bond donors (Lipinski definition) is 1. The highest BCUT2D eigenvalue weighted by molar-refractivity contribution is 7.93. The van der Waals surface area contributed by atoms with Crippen molar-refractivity contribution < 1.29 is 12.8 Å². The van der Waals surface area contributed by atoms with E-state index in [1.807, 2.05) is 0 Å². The Morgan fingerprint density at radius 2 is 2.10 bits per heavy atom. The van der Waals surface area contributed by atoms with Crippen molar-refractivity contribution in [2.24, 2.45) is 0 Å². The zero-order chi connectivity index (χ0) is 14.3. The van der Waals surface area contributed by atoms with Gasteiger partial charge in [0.15, 0.2) is 0 Å². The van der Waals surface area contributed by atoms with E-state index in [2.05, 4.69) is 4.98 Å². The third-order valence-corrected chi connectivity index (χ3v) is 5.14. The Labute approximate surface area is 115 Å². The zero-order valence-electron chi connectivity index (χ0n) is 10.5. The van der Waals surface area contributed by atoms with Crippen LogP contribution in [0.2, 0.25) is 0 Å². The molecular formula is C13H12FN3O2S. The van der Waals surface area contributed by atoms with Gasteiger partial charge < -0.3 is 5.73 Å². The van der Waals surface area contributed by atoms with Crippen molar-refractivity contribution in [2.45, 2.75) is 11.3 Å². The second-order valence-corrected chi connectivity index (χ2v) is 6.34. The number of pyridine rings is 1. The summed E-state index contributed by atoms with van der Waals surface area (Å²) < 4.78 is 39.8. The molecule has 0 unspecified atom stereocenters. The summed E-state index contributed by atoms with van der Waals surface area (Å²) in [6, 6.07) is 5.59. The van der Waals surface area contributed by atoms with Crippen molar-refractivity contribution in [1.82, 2.24) is 4.98 Å². The predicted octanol–water partition coefficient (Wildman–Crippen LogP) is 1.55. The number of aromatic nitrogens is 1. The van der Waals surface area contributed by atoms with E-state index in [1.165, 1.54) is 34.9 Å². The van der Waals surface area contributed by atoms with Gasteiger partial charge in [-0.3, -0.25) is 9.29 Å². The number of nitrogen functional groups attached to an aromatic ring is 1. The Bertz CT molecular complexity index is 777. The van der Waals surface area contributed by atoms with E-state index in [0.717, 1.165) is 5.56 Å². The van der Waals surface area contributed by atoms with Crippen LogP contribution >= 0.6 is 0 Å². The summed E-state index contributed by atoms with van der Waals surface area (Å²) in [7, 11) is -3.82. The molecule has 104 valence electrons. The molecule has 7 heteroatoms. The van der Waals surface area contributed by atoms with Gasteiger partial charge in [-0.15, -0.1) is 0 Å². The molecule has 1 aliphatic rings. The Kier molecular flexibility index (Phi) is 2.86. The maximum Gasteiger partial charge on any atom is 0.267 e. The van der Waals surface area contributed by atoms with Crippen LogP contribution in [0.3, 0.4) is 0 Å². The summed E-state index contributed by atoms with van der Waals surface area (Å²) in [6.07, 6.45) is 3.18. The molecule has 0 bridgehead atoms. The largest absolute Gasteiger partial charge is 0.398 e. The fourth-order valence-corrected chi connectivity index (χ4v) is 3.86. The number of anilines is 2. The molecule has 0 fully saturated rings. The molecule has 2 aromatic rings. The van der Waals surface area contributed by atoms with Gasteiger partial charge in [-0.25, -0.2) is 12.8 Å². The van der Waals surface area contributed by atoms with Crippen LogP contribution in [-0.4, -0.2) is 19.9 Å². The summed E-state index contributed by atoms with van der Waals surface area (Å²) in [5.74, 6) is -0.468. The smallest absolute Gasteiger partial charge is 0.267 e. The van der Waals surface area contributed by atoms with Crippen molar-refractivity contribution in [3.8, 4) is 0 Å². The average Bonchev–Trinajstić information content (AvgIpc) is 2.82. The Balaban J connectivity index is 2.12. The fraction of sp³-hybridized carbons (Fsp3) is 0.154. The molecule has 0 saturated carbocycles. The molecular weight excluding hydrogens is 281 g/mol. The van der Waals surface area contributed by atoms with Gasteiger partial charge in [0.25, 0.3) is 10.0 Å². The van der Waals surface area contributed by atoms with Gasteiger partial charge in [-0.1, -0.05) is 6.07 Å². The summed E-state index contributed by atoms with van der Waals surface area (Å²) in [5, 5.41) is 0. The normalized spacial score (nSPS) is 14.3. The van der Waals surface area contributed by atoms with Gasteiger partial charge >= 0.3 is 0 Å². The molecule has 20 heavy (non-hydrogen) atoms. The van der Waals surface area contributed by atoms with Crippen LogP contribution in [0, 0.1) is 5.82 Å². The van der Waals surface area contributed by atoms with E-state index < -0.39 is 15.8 Å². The second kappa shape index (κ2) is 4.45. The van der Waals surface area contributed by atoms with Crippen LogP contribution in [0.15, 0.2) is 41.6 Å². The Morgan fingerprint density at radius 1 is 1.30 bits per heavy atom. The molecule has 0 atom stereocenters. The van der Waals surface area contributed by atoms with Crippen molar-refractivity contribution >= 4 is 21.4 Å². The minimum atomic E-state index is -3.82. The molecule has 0 spiro atoms. The molecule has 0 aliphatic carbocycles. The lowest BCUT2D eigenvalue weighted by Gasteiger charge is -2.20. The van der Waals surface area contributed by atoms with Gasteiger partial charge in [-0.2, -0.15) is 0 Å². The molecule has 1 aromatic heterocycles. The first kappa shape index (κ1) is 12.9. The highest BCUT2D eigenvalue weighted by Crippen LogP contribution is 2.34. The van der Waals surface area contributed by atoms with Gasteiger partial charge in [0, 0.05) is 18.9 Å². The number of rotatable bonds is 2. The van der Waals surface area contributed by atoms with Crippen molar-refractivity contribution in [1.29, 1.82) is 0 Å². The van der Waals surface area contributed by atoms with Crippen LogP contribution in [0.5, 0.6) is 0 Å². The lowest BCUT2D eigenvalue weighted by Crippen LogP contribution is -2.29. The van der Waals surface area contributed by atoms with Crippen LogP contribution in [0.1, 0.15) is 5.56 Å². The number of hydrogen-bond acceptors (Lipinski definition) is 4. The van der Waals surface area contributed by atoms with E-state index in [0.29, 0.717) is 12.1 Å². The lowest BCUT2D eigenvalue weighted by atomic mass is 10.2. The highest BCUT2D eigenvalue weighted by atomic mass is 32.2. The third kappa shape index (κ3) is 1.90. The molecule has 3 rings (SSSR count). The number of fused-ring (bicyclic) bond motifs is 1. The second-order valence-electron chi connectivity index (χ2n) is 4.51. The Hall–Kier alpha value is -2.15. The minimum Gasteiger partial charge on any atom is -0.398 e. The van der Waals surface area contributed by atoms with Crippen molar-refractivity contribution in [3.05, 3.63) is 48.0 Å². The van der Waals surface area contributed by atoms with Crippen molar-refractivity contribution in [3.63, 3.8) is 0 Å². The monoisotopic (exact) mass is 293 g/mol. The van der Waals surface area contributed by atoms with Crippen LogP contribution in [0.25, 0.3) is 0 Å². The number of nitrogens with zero attached hydrogens (tertiary/aromatic N) is 2. The quantitative estimate of drug-likeness (QED) is 0.911. The molecule has 0 saturated heterocycles. The number of benzene rings is 1. The standard InChI is InChI=1S/C13H12FN3O2S/c14-10-2-1-9-4-6-17(12(9)7-10)20(18,19)13-8-16-5-3-11(13)15/h1-3,5,7-8H,4,6H2,(H2,15,16). The lowest BCUT2D eigenvalue weighted by molar-refractivity contribution is 0.592. The van der Waals surface area contributed by atoms with Gasteiger partial charge in [0.05, 0.1) is 11.4 Å². The highest BCUT2D eigenvalue weighted by Gasteiger charge is 2.32. The fourth-order valence-electron chi connectivity index (χ4n) is 2.30. The molecule has 1 aliphatic heterocycles. The van der Waals surface area contributed by atoms with Gasteiger partial charge in [-0.05, 0) is 30.2 Å². The summed E-state index contributed by atoms with van der Waals surface area (Å²) in [5.41, 5.74) is 7.01. The van der Waals surface area contributed by atoms with E-state index >= 15 is 0 Å². The third-order valence-electron chi connectivity index (χ3n) is 3.28. The van der Waals surface area contributed by atoms with E-state index in [4.69, 9.17) is 5.73 Å². The van der Waals surface area contributed by atoms with E-state index in [9.17, 15) is 12.8 Å². The molecule has 1 aromatic carbocycles. The van der Waals surface area contributed by atoms with Crippen LogP contribution < -0.4 is 10.0 Å². The first-order valence-corrected chi connectivity index (χ1v) is 7.45. The van der Waals surface area contributed by atoms with Gasteiger partial charge in [0.1, 0.15) is 10.7 Å². The van der Waals surface area contributed by atoms with E-state index in [1.54, 1.807) is 6.07 Å². The van der Waals surface area contributed by atoms with Crippen LogP contribution in [-0.2, 0) is 16.4 Å². The topological polar surface area (TPSA) is 76.3 Å². The van der Waals surface area contributed by atoms with Gasteiger partial charge in [0.2, 0.25) is 0 Å². The molecule has 0 radical (unpaired) electrons. The van der Waals surface area contributed by atoms with Crippen molar-refractivity contribution in [2.75, 3.05) is 16.6 Å². The number of halogens is 1. The Morgan fingerprint density at radius 3 is 2.85 bits per heavy atom. The molecule has 5 nitrogen and oxygen atoms in total. The zero-order valence-corrected chi connectivity index (χ0v) is 11.3. The van der Waals surface area contributed by atoms with E-state index in [-0.39, 0.29) is 17.1 Å². The summed E-state index contributed by atoms with van der Waals surface area (Å²) in [4.78, 5) is 3.74. The van der Waals surface area contributed by atoms with Crippen LogP contribution in [0.4, 0.5) is 15.8 Å². The first-order valence-electron chi connectivity index (χ1n) is 6.01. The summed E-state index contributed by atoms with van der Waals surface area (Å²) in [6.45, 7) is 0.273. The molecule has 2 N–H and O–H groups in total. The maximum atomic E-state index is 13.3.